The summed E-state index contributed by atoms with van der Waals surface area (Å²) in [6.45, 7) is 1.75. The maximum atomic E-state index is 12.3. The fourth-order valence-electron chi connectivity index (χ4n) is 2.45. The van der Waals surface area contributed by atoms with E-state index in [1.54, 1.807) is 25.3 Å². The summed E-state index contributed by atoms with van der Waals surface area (Å²) >= 11 is 9.51. The van der Waals surface area contributed by atoms with E-state index in [0.717, 1.165) is 15.6 Å². The van der Waals surface area contributed by atoms with Crippen LogP contribution >= 0.6 is 27.5 Å². The minimum absolute atomic E-state index is 0.125. The molecule has 0 saturated carbocycles. The van der Waals surface area contributed by atoms with Crippen LogP contribution in [0.1, 0.15) is 30.5 Å². The second-order valence-corrected chi connectivity index (χ2v) is 7.07. The van der Waals surface area contributed by atoms with Crippen molar-refractivity contribution in [1.82, 2.24) is 10.6 Å². The van der Waals surface area contributed by atoms with Crippen LogP contribution in [0.25, 0.3) is 0 Å². The number of halogens is 2. The largest absolute Gasteiger partial charge is 0.497 e. The number of nitrogens with one attached hydrogen (secondary N) is 2. The number of methoxy groups -OCH3 is 1. The number of hydrogen-bond donors (Lipinski definition) is 2. The lowest BCUT2D eigenvalue weighted by Crippen LogP contribution is -2.32. The lowest BCUT2D eigenvalue weighted by molar-refractivity contribution is -0.122. The third-order valence-electron chi connectivity index (χ3n) is 3.78. The van der Waals surface area contributed by atoms with Crippen molar-refractivity contribution in [3.8, 4) is 5.75 Å². The molecule has 0 aliphatic carbocycles. The van der Waals surface area contributed by atoms with E-state index in [1.165, 1.54) is 6.92 Å². The second kappa shape index (κ2) is 9.59. The first kappa shape index (κ1) is 20.3. The SMILES string of the molecule is COc1ccc(C(CC(=O)NCc2ccc(Br)cc2Cl)NC(C)=O)cc1. The summed E-state index contributed by atoms with van der Waals surface area (Å²) in [6.07, 6.45) is 0.125. The summed E-state index contributed by atoms with van der Waals surface area (Å²) in [4.78, 5) is 23.8. The van der Waals surface area contributed by atoms with Crippen LogP contribution in [0.5, 0.6) is 5.75 Å². The van der Waals surface area contributed by atoms with E-state index in [1.807, 2.05) is 24.3 Å². The number of carbonyl (C=O) groups excluding carboxylic acids is 2. The Morgan fingerprint density at radius 2 is 1.88 bits per heavy atom. The molecule has 26 heavy (non-hydrogen) atoms. The van der Waals surface area contributed by atoms with E-state index >= 15 is 0 Å². The molecule has 0 aliphatic rings. The van der Waals surface area contributed by atoms with Gasteiger partial charge in [0.1, 0.15) is 5.75 Å². The number of hydrogen-bond acceptors (Lipinski definition) is 3. The number of amides is 2. The van der Waals surface area contributed by atoms with Gasteiger partial charge < -0.3 is 15.4 Å². The second-order valence-electron chi connectivity index (χ2n) is 5.74. The molecule has 1 atom stereocenters. The molecule has 2 N–H and O–H groups in total. The number of carbonyl (C=O) groups is 2. The molecule has 0 aliphatic heterocycles. The van der Waals surface area contributed by atoms with E-state index < -0.39 is 6.04 Å². The maximum absolute atomic E-state index is 12.3. The Labute approximate surface area is 166 Å². The molecule has 0 saturated heterocycles. The molecule has 2 aromatic rings. The summed E-state index contributed by atoms with van der Waals surface area (Å²) in [5.41, 5.74) is 1.65. The number of benzene rings is 2. The van der Waals surface area contributed by atoms with Gasteiger partial charge in [-0.2, -0.15) is 0 Å². The van der Waals surface area contributed by atoms with Crippen molar-refractivity contribution >= 4 is 39.3 Å². The molecular formula is C19H20BrClN2O3. The van der Waals surface area contributed by atoms with Crippen molar-refractivity contribution < 1.29 is 14.3 Å². The summed E-state index contributed by atoms with van der Waals surface area (Å²) in [5.74, 6) is 0.331. The molecule has 0 spiro atoms. The van der Waals surface area contributed by atoms with Crippen molar-refractivity contribution in [3.05, 3.63) is 63.1 Å². The summed E-state index contributed by atoms with van der Waals surface area (Å²) < 4.78 is 6.01. The van der Waals surface area contributed by atoms with Crippen molar-refractivity contribution in [3.63, 3.8) is 0 Å². The van der Waals surface area contributed by atoms with Crippen LogP contribution in [-0.2, 0) is 16.1 Å². The highest BCUT2D eigenvalue weighted by Gasteiger charge is 2.17. The standard InChI is InChI=1S/C19H20BrClN2O3/c1-12(24)23-18(13-4-7-16(26-2)8-5-13)10-19(25)22-11-14-3-6-15(20)9-17(14)21/h3-9,18H,10-11H2,1-2H3,(H,22,25)(H,23,24). The molecule has 5 nitrogen and oxygen atoms in total. The van der Waals surface area contributed by atoms with E-state index in [2.05, 4.69) is 26.6 Å². The average Bonchev–Trinajstić information content (AvgIpc) is 2.60. The molecule has 0 heterocycles. The normalized spacial score (nSPS) is 11.5. The smallest absolute Gasteiger partial charge is 0.222 e. The highest BCUT2D eigenvalue weighted by atomic mass is 79.9. The molecule has 2 aromatic carbocycles. The Morgan fingerprint density at radius 1 is 1.19 bits per heavy atom. The van der Waals surface area contributed by atoms with Gasteiger partial charge in [0.2, 0.25) is 11.8 Å². The Kier molecular flexibility index (Phi) is 7.48. The molecule has 0 fully saturated rings. The van der Waals surface area contributed by atoms with E-state index in [4.69, 9.17) is 16.3 Å². The molecule has 0 radical (unpaired) electrons. The molecule has 2 rings (SSSR count). The average molecular weight is 440 g/mol. The summed E-state index contributed by atoms with van der Waals surface area (Å²) in [6, 6.07) is 12.3. The zero-order valence-corrected chi connectivity index (χ0v) is 16.9. The van der Waals surface area contributed by atoms with Gasteiger partial charge >= 0.3 is 0 Å². The highest BCUT2D eigenvalue weighted by molar-refractivity contribution is 9.10. The van der Waals surface area contributed by atoms with Gasteiger partial charge in [-0.25, -0.2) is 0 Å². The van der Waals surface area contributed by atoms with Crippen LogP contribution in [0.4, 0.5) is 0 Å². The first-order valence-electron chi connectivity index (χ1n) is 8.00. The Balaban J connectivity index is 2.02. The van der Waals surface area contributed by atoms with Crippen LogP contribution in [-0.4, -0.2) is 18.9 Å². The molecule has 0 bridgehead atoms. The quantitative estimate of drug-likeness (QED) is 0.685. The molecule has 0 aromatic heterocycles. The molecule has 138 valence electrons. The molecular weight excluding hydrogens is 420 g/mol. The van der Waals surface area contributed by atoms with E-state index in [0.29, 0.717) is 17.3 Å². The van der Waals surface area contributed by atoms with Gasteiger partial charge in [0.15, 0.2) is 0 Å². The van der Waals surface area contributed by atoms with Gasteiger partial charge in [0.05, 0.1) is 19.6 Å². The number of rotatable bonds is 7. The monoisotopic (exact) mass is 438 g/mol. The predicted octanol–water partition coefficient (Wildman–Crippen LogP) is 3.99. The van der Waals surface area contributed by atoms with E-state index in [-0.39, 0.29) is 18.2 Å². The fourth-order valence-corrected chi connectivity index (χ4v) is 3.19. The van der Waals surface area contributed by atoms with Gasteiger partial charge in [0, 0.05) is 23.0 Å². The Morgan fingerprint density at radius 3 is 2.46 bits per heavy atom. The van der Waals surface area contributed by atoms with Crippen LogP contribution in [0, 0.1) is 0 Å². The van der Waals surface area contributed by atoms with Crippen LogP contribution in [0.15, 0.2) is 46.9 Å². The topological polar surface area (TPSA) is 67.4 Å². The van der Waals surface area contributed by atoms with Crippen molar-refractivity contribution in [2.75, 3.05) is 7.11 Å². The highest BCUT2D eigenvalue weighted by Crippen LogP contribution is 2.22. The third kappa shape index (κ3) is 6.04. The zero-order chi connectivity index (χ0) is 19.1. The van der Waals surface area contributed by atoms with Crippen molar-refractivity contribution in [2.45, 2.75) is 25.9 Å². The maximum Gasteiger partial charge on any atom is 0.222 e. The summed E-state index contributed by atoms with van der Waals surface area (Å²) in [7, 11) is 1.58. The predicted molar refractivity (Wildman–Crippen MR) is 105 cm³/mol. The minimum Gasteiger partial charge on any atom is -0.497 e. The molecule has 7 heteroatoms. The zero-order valence-electron chi connectivity index (χ0n) is 14.5. The van der Waals surface area contributed by atoms with Crippen LogP contribution in [0.2, 0.25) is 5.02 Å². The van der Waals surface area contributed by atoms with Gasteiger partial charge in [-0.05, 0) is 35.4 Å². The lowest BCUT2D eigenvalue weighted by atomic mass is 10.0. The van der Waals surface area contributed by atoms with Gasteiger partial charge in [-0.15, -0.1) is 0 Å². The first-order chi connectivity index (χ1) is 12.4. The summed E-state index contributed by atoms with van der Waals surface area (Å²) in [5, 5.41) is 6.23. The fraction of sp³-hybridized carbons (Fsp3) is 0.263. The third-order valence-corrected chi connectivity index (χ3v) is 4.62. The van der Waals surface area contributed by atoms with Crippen LogP contribution in [0.3, 0.4) is 0 Å². The van der Waals surface area contributed by atoms with Crippen molar-refractivity contribution in [2.24, 2.45) is 0 Å². The van der Waals surface area contributed by atoms with Gasteiger partial charge in [-0.1, -0.05) is 45.7 Å². The van der Waals surface area contributed by atoms with Gasteiger partial charge in [0.25, 0.3) is 0 Å². The molecule has 1 unspecified atom stereocenters. The lowest BCUT2D eigenvalue weighted by Gasteiger charge is -2.18. The minimum atomic E-state index is -0.418. The molecule has 2 amide bonds. The van der Waals surface area contributed by atoms with Gasteiger partial charge in [-0.3, -0.25) is 9.59 Å². The Hall–Kier alpha value is -2.05. The Bertz CT molecular complexity index is 781. The van der Waals surface area contributed by atoms with Crippen LogP contribution < -0.4 is 15.4 Å². The van der Waals surface area contributed by atoms with E-state index in [9.17, 15) is 9.59 Å². The van der Waals surface area contributed by atoms with Crippen molar-refractivity contribution in [1.29, 1.82) is 0 Å². The number of ether oxygens (including phenoxy) is 1. The first-order valence-corrected chi connectivity index (χ1v) is 9.18.